The van der Waals surface area contributed by atoms with Gasteiger partial charge in [-0.15, -0.1) is 0 Å². The van der Waals surface area contributed by atoms with Gasteiger partial charge in [-0.3, -0.25) is 0 Å². The minimum atomic E-state index is 0.636. The van der Waals surface area contributed by atoms with Crippen LogP contribution in [0.25, 0.3) is 11.6 Å². The predicted molar refractivity (Wildman–Crippen MR) is 57.2 cm³/mol. The van der Waals surface area contributed by atoms with E-state index in [4.69, 9.17) is 4.42 Å². The molecule has 1 N–H and O–H groups in total. The van der Waals surface area contributed by atoms with Gasteiger partial charge in [0.1, 0.15) is 0 Å². The molecule has 2 heterocycles. The zero-order valence-corrected chi connectivity index (χ0v) is 8.82. The van der Waals surface area contributed by atoms with Crippen molar-refractivity contribution in [3.63, 3.8) is 0 Å². The smallest absolute Gasteiger partial charge is 0.195 e. The van der Waals surface area contributed by atoms with Crippen molar-refractivity contribution in [3.8, 4) is 11.6 Å². The van der Waals surface area contributed by atoms with Crippen LogP contribution in [-0.4, -0.2) is 17.0 Å². The van der Waals surface area contributed by atoms with Gasteiger partial charge in [-0.05, 0) is 25.6 Å². The topological polar surface area (TPSA) is 51.0 Å². The predicted octanol–water partition coefficient (Wildman–Crippen LogP) is 1.76. The molecule has 0 bridgehead atoms. The number of rotatable bonds is 3. The third-order valence-corrected chi connectivity index (χ3v) is 2.15. The lowest BCUT2D eigenvalue weighted by Crippen LogP contribution is -2.06. The second kappa shape index (κ2) is 4.23. The first-order chi connectivity index (χ1) is 7.31. The van der Waals surface area contributed by atoms with Crippen molar-refractivity contribution in [1.82, 2.24) is 15.3 Å². The summed E-state index contributed by atoms with van der Waals surface area (Å²) in [4.78, 5) is 8.51. The fourth-order valence-corrected chi connectivity index (χ4v) is 1.37. The van der Waals surface area contributed by atoms with Crippen LogP contribution in [0.1, 0.15) is 11.1 Å². The second-order valence-corrected chi connectivity index (χ2v) is 3.38. The maximum absolute atomic E-state index is 5.31. The SMILES string of the molecule is CNCc1cnc(-c2occc2C)nc1. The minimum absolute atomic E-state index is 0.636. The molecule has 0 radical (unpaired) electrons. The number of hydrogen-bond donors (Lipinski definition) is 1. The van der Waals surface area contributed by atoms with E-state index in [1.54, 1.807) is 18.7 Å². The molecule has 0 fully saturated rings. The molecule has 0 aromatic carbocycles. The van der Waals surface area contributed by atoms with Gasteiger partial charge in [0.25, 0.3) is 0 Å². The summed E-state index contributed by atoms with van der Waals surface area (Å²) in [5.41, 5.74) is 2.11. The van der Waals surface area contributed by atoms with Gasteiger partial charge in [0, 0.05) is 24.5 Å². The van der Waals surface area contributed by atoms with Crippen molar-refractivity contribution >= 4 is 0 Å². The molecule has 0 saturated heterocycles. The van der Waals surface area contributed by atoms with Gasteiger partial charge in [0.15, 0.2) is 11.6 Å². The van der Waals surface area contributed by atoms with Crippen LogP contribution in [0.3, 0.4) is 0 Å². The highest BCUT2D eigenvalue weighted by Gasteiger charge is 2.07. The van der Waals surface area contributed by atoms with Crippen LogP contribution in [0.5, 0.6) is 0 Å². The highest BCUT2D eigenvalue weighted by Crippen LogP contribution is 2.19. The minimum Gasteiger partial charge on any atom is -0.461 e. The molecular formula is C11H13N3O. The summed E-state index contributed by atoms with van der Waals surface area (Å²) in [6.07, 6.45) is 5.26. The number of furan rings is 1. The Balaban J connectivity index is 2.28. The lowest BCUT2D eigenvalue weighted by atomic mass is 10.2. The van der Waals surface area contributed by atoms with E-state index in [1.807, 2.05) is 20.0 Å². The summed E-state index contributed by atoms with van der Waals surface area (Å²) in [5, 5.41) is 3.05. The average Bonchev–Trinajstić information content (AvgIpc) is 2.66. The molecule has 78 valence electrons. The molecule has 0 aliphatic rings. The highest BCUT2D eigenvalue weighted by molar-refractivity contribution is 5.51. The monoisotopic (exact) mass is 203 g/mol. The Hall–Kier alpha value is -1.68. The molecular weight excluding hydrogens is 190 g/mol. The molecule has 15 heavy (non-hydrogen) atoms. The van der Waals surface area contributed by atoms with Crippen molar-refractivity contribution in [2.45, 2.75) is 13.5 Å². The van der Waals surface area contributed by atoms with Gasteiger partial charge in [0.05, 0.1) is 6.26 Å². The summed E-state index contributed by atoms with van der Waals surface area (Å²) < 4.78 is 5.31. The van der Waals surface area contributed by atoms with Crippen molar-refractivity contribution in [3.05, 3.63) is 35.9 Å². The number of nitrogens with one attached hydrogen (secondary N) is 1. The number of aromatic nitrogens is 2. The molecule has 0 aliphatic carbocycles. The summed E-state index contributed by atoms with van der Waals surface area (Å²) in [6.45, 7) is 2.75. The Kier molecular flexibility index (Phi) is 2.78. The van der Waals surface area contributed by atoms with Gasteiger partial charge in [-0.1, -0.05) is 0 Å². The Morgan fingerprint density at radius 3 is 2.60 bits per heavy atom. The Bertz CT molecular complexity index is 433. The van der Waals surface area contributed by atoms with Gasteiger partial charge in [-0.2, -0.15) is 0 Å². The zero-order chi connectivity index (χ0) is 10.7. The van der Waals surface area contributed by atoms with Gasteiger partial charge >= 0.3 is 0 Å². The molecule has 0 atom stereocenters. The number of hydrogen-bond acceptors (Lipinski definition) is 4. The Morgan fingerprint density at radius 1 is 1.33 bits per heavy atom. The van der Waals surface area contributed by atoms with E-state index in [0.717, 1.165) is 23.4 Å². The van der Waals surface area contributed by atoms with Gasteiger partial charge < -0.3 is 9.73 Å². The van der Waals surface area contributed by atoms with E-state index in [1.165, 1.54) is 0 Å². The first-order valence-electron chi connectivity index (χ1n) is 4.81. The summed E-state index contributed by atoms with van der Waals surface area (Å²) in [6, 6.07) is 1.90. The van der Waals surface area contributed by atoms with Crippen molar-refractivity contribution in [1.29, 1.82) is 0 Å². The third kappa shape index (κ3) is 2.05. The fraction of sp³-hybridized carbons (Fsp3) is 0.273. The van der Waals surface area contributed by atoms with E-state index in [-0.39, 0.29) is 0 Å². The molecule has 4 heteroatoms. The quantitative estimate of drug-likeness (QED) is 0.825. The number of nitrogens with zero attached hydrogens (tertiary/aromatic N) is 2. The molecule has 2 rings (SSSR count). The second-order valence-electron chi connectivity index (χ2n) is 3.38. The lowest BCUT2D eigenvalue weighted by molar-refractivity contribution is 0.575. The van der Waals surface area contributed by atoms with Crippen molar-refractivity contribution < 1.29 is 4.42 Å². The standard InChI is InChI=1S/C11H13N3O/c1-8-3-4-15-10(8)11-13-6-9(5-12-2)7-14-11/h3-4,6-7,12H,5H2,1-2H3. The first kappa shape index (κ1) is 9.86. The van der Waals surface area contributed by atoms with Crippen LogP contribution in [-0.2, 0) is 6.54 Å². The van der Waals surface area contributed by atoms with E-state index in [2.05, 4.69) is 15.3 Å². The first-order valence-corrected chi connectivity index (χ1v) is 4.81. The summed E-state index contributed by atoms with van der Waals surface area (Å²) in [5.74, 6) is 1.38. The molecule has 0 aliphatic heterocycles. The molecule has 0 spiro atoms. The van der Waals surface area contributed by atoms with Crippen LogP contribution < -0.4 is 5.32 Å². The van der Waals surface area contributed by atoms with Crippen LogP contribution >= 0.6 is 0 Å². The van der Waals surface area contributed by atoms with Crippen LogP contribution in [0.2, 0.25) is 0 Å². The Labute approximate surface area is 88.4 Å². The largest absolute Gasteiger partial charge is 0.461 e. The van der Waals surface area contributed by atoms with Crippen LogP contribution in [0, 0.1) is 6.92 Å². The molecule has 0 amide bonds. The average molecular weight is 203 g/mol. The molecule has 2 aromatic rings. The maximum Gasteiger partial charge on any atom is 0.195 e. The van der Waals surface area contributed by atoms with E-state index >= 15 is 0 Å². The molecule has 4 nitrogen and oxygen atoms in total. The van der Waals surface area contributed by atoms with Gasteiger partial charge in [0.2, 0.25) is 0 Å². The molecule has 0 saturated carbocycles. The Morgan fingerprint density at radius 2 is 2.07 bits per heavy atom. The fourth-order valence-electron chi connectivity index (χ4n) is 1.37. The third-order valence-electron chi connectivity index (χ3n) is 2.15. The van der Waals surface area contributed by atoms with Crippen molar-refractivity contribution in [2.75, 3.05) is 7.05 Å². The summed E-state index contributed by atoms with van der Waals surface area (Å²) in [7, 11) is 1.89. The normalized spacial score (nSPS) is 10.5. The van der Waals surface area contributed by atoms with E-state index in [0.29, 0.717) is 5.82 Å². The maximum atomic E-state index is 5.31. The number of aryl methyl sites for hydroxylation is 1. The molecule has 2 aromatic heterocycles. The molecule has 0 unspecified atom stereocenters. The van der Waals surface area contributed by atoms with E-state index in [9.17, 15) is 0 Å². The van der Waals surface area contributed by atoms with Crippen LogP contribution in [0.4, 0.5) is 0 Å². The summed E-state index contributed by atoms with van der Waals surface area (Å²) >= 11 is 0. The van der Waals surface area contributed by atoms with Crippen molar-refractivity contribution in [2.24, 2.45) is 0 Å². The highest BCUT2D eigenvalue weighted by atomic mass is 16.3. The van der Waals surface area contributed by atoms with Crippen LogP contribution in [0.15, 0.2) is 29.1 Å². The van der Waals surface area contributed by atoms with Gasteiger partial charge in [-0.25, -0.2) is 9.97 Å². The van der Waals surface area contributed by atoms with E-state index < -0.39 is 0 Å². The lowest BCUT2D eigenvalue weighted by Gasteiger charge is -2.00. The zero-order valence-electron chi connectivity index (χ0n) is 8.82.